The molecule has 0 bridgehead atoms. The van der Waals surface area contributed by atoms with Crippen LogP contribution in [-0.4, -0.2) is 35.9 Å². The normalized spacial score (nSPS) is 11.3. The Morgan fingerprint density at radius 1 is 1.29 bits per heavy atom. The average molecular weight is 374 g/mol. The molecule has 2 heterocycles. The van der Waals surface area contributed by atoms with Crippen molar-refractivity contribution in [3.8, 4) is 0 Å². The number of carbonyl (C=O) groups is 1. The van der Waals surface area contributed by atoms with Gasteiger partial charge >= 0.3 is 11.7 Å². The van der Waals surface area contributed by atoms with Crippen LogP contribution in [0.15, 0.2) is 14.5 Å². The van der Waals surface area contributed by atoms with Crippen LogP contribution >= 0.6 is 11.3 Å². The van der Waals surface area contributed by atoms with E-state index in [4.69, 9.17) is 4.74 Å². The van der Waals surface area contributed by atoms with E-state index in [9.17, 15) is 22.8 Å². The van der Waals surface area contributed by atoms with Crippen LogP contribution in [0.3, 0.4) is 0 Å². The standard InChI is InChI=1S/C12H14N4O6S2/c1-4-22-10(18)7-5(2)14-12(23-7)16-24(20,21)8-6(3)13-11(19)15-9(8)17/h4H2,1-3H3,(H,14,16)(H2,13,15,17,19). The van der Waals surface area contributed by atoms with Crippen molar-refractivity contribution in [3.63, 3.8) is 0 Å². The van der Waals surface area contributed by atoms with E-state index >= 15 is 0 Å². The minimum atomic E-state index is -4.30. The number of hydrogen-bond acceptors (Lipinski definition) is 8. The molecule has 0 spiro atoms. The molecular formula is C12H14N4O6S2. The van der Waals surface area contributed by atoms with Crippen LogP contribution in [0.25, 0.3) is 0 Å². The lowest BCUT2D eigenvalue weighted by Gasteiger charge is -2.06. The fourth-order valence-corrected chi connectivity index (χ4v) is 4.24. The highest BCUT2D eigenvalue weighted by Gasteiger charge is 2.25. The largest absolute Gasteiger partial charge is 0.462 e. The summed E-state index contributed by atoms with van der Waals surface area (Å²) in [4.78, 5) is 42.2. The van der Waals surface area contributed by atoms with E-state index in [-0.39, 0.29) is 22.3 Å². The first-order valence-corrected chi connectivity index (χ1v) is 8.96. The summed E-state index contributed by atoms with van der Waals surface area (Å²) in [5, 5.41) is -0.0967. The number of thiazole rings is 1. The number of aryl methyl sites for hydroxylation is 2. The Bertz CT molecular complexity index is 1000. The van der Waals surface area contributed by atoms with Crippen molar-refractivity contribution in [1.29, 1.82) is 0 Å². The van der Waals surface area contributed by atoms with Crippen LogP contribution in [0.2, 0.25) is 0 Å². The molecule has 0 aliphatic carbocycles. The van der Waals surface area contributed by atoms with Gasteiger partial charge in [-0.2, -0.15) is 0 Å². The van der Waals surface area contributed by atoms with Gasteiger partial charge in [0.1, 0.15) is 4.88 Å². The predicted molar refractivity (Wildman–Crippen MR) is 86.0 cm³/mol. The maximum Gasteiger partial charge on any atom is 0.350 e. The smallest absolute Gasteiger partial charge is 0.350 e. The van der Waals surface area contributed by atoms with Crippen LogP contribution in [0, 0.1) is 13.8 Å². The molecule has 0 fully saturated rings. The summed E-state index contributed by atoms with van der Waals surface area (Å²) in [6.45, 7) is 4.62. The molecule has 0 atom stereocenters. The lowest BCUT2D eigenvalue weighted by atomic mass is 10.4. The van der Waals surface area contributed by atoms with Crippen molar-refractivity contribution in [2.75, 3.05) is 11.3 Å². The molecule has 2 rings (SSSR count). The highest BCUT2D eigenvalue weighted by Crippen LogP contribution is 2.25. The predicted octanol–water partition coefficient (Wildman–Crippen LogP) is 0.114. The topological polar surface area (TPSA) is 151 Å². The maximum absolute atomic E-state index is 12.4. The SMILES string of the molecule is CCOC(=O)c1sc(NS(=O)(=O)c2c(C)[nH]c(=O)[nH]c2=O)nc1C. The second kappa shape index (κ2) is 6.57. The number of esters is 1. The number of aromatic nitrogens is 3. The molecule has 0 saturated carbocycles. The minimum absolute atomic E-state index is 0.0967. The van der Waals surface area contributed by atoms with Gasteiger partial charge in [0, 0.05) is 5.69 Å². The fraction of sp³-hybridized carbons (Fsp3) is 0.333. The number of carbonyl (C=O) groups excluding carboxylic acids is 1. The molecule has 0 aromatic carbocycles. The van der Waals surface area contributed by atoms with E-state index in [0.29, 0.717) is 5.69 Å². The lowest BCUT2D eigenvalue weighted by Crippen LogP contribution is -2.31. The van der Waals surface area contributed by atoms with Gasteiger partial charge in [0.15, 0.2) is 10.0 Å². The summed E-state index contributed by atoms with van der Waals surface area (Å²) in [6, 6.07) is 0. The molecule has 0 aliphatic rings. The maximum atomic E-state index is 12.4. The molecule has 0 unspecified atom stereocenters. The van der Waals surface area contributed by atoms with E-state index in [1.165, 1.54) is 13.8 Å². The molecule has 10 nitrogen and oxygen atoms in total. The Balaban J connectivity index is 2.41. The molecule has 12 heteroatoms. The molecule has 0 radical (unpaired) electrons. The van der Waals surface area contributed by atoms with E-state index in [1.807, 2.05) is 4.98 Å². The second-order valence-electron chi connectivity index (χ2n) is 4.62. The molecule has 0 saturated heterocycles. The van der Waals surface area contributed by atoms with E-state index in [1.54, 1.807) is 6.92 Å². The molecule has 2 aromatic heterocycles. The third kappa shape index (κ3) is 3.54. The van der Waals surface area contributed by atoms with Gasteiger partial charge in [0.05, 0.1) is 12.3 Å². The van der Waals surface area contributed by atoms with Crippen molar-refractivity contribution in [2.45, 2.75) is 25.7 Å². The van der Waals surface area contributed by atoms with Crippen LogP contribution in [0.5, 0.6) is 0 Å². The quantitative estimate of drug-likeness (QED) is 0.628. The third-order valence-electron chi connectivity index (χ3n) is 2.82. The number of nitrogens with one attached hydrogen (secondary N) is 3. The van der Waals surface area contributed by atoms with Crippen LogP contribution in [-0.2, 0) is 14.8 Å². The van der Waals surface area contributed by atoms with Crippen molar-refractivity contribution < 1.29 is 17.9 Å². The number of ether oxygens (including phenoxy) is 1. The fourth-order valence-electron chi connectivity index (χ4n) is 1.90. The Morgan fingerprint density at radius 2 is 1.96 bits per heavy atom. The van der Waals surface area contributed by atoms with Gasteiger partial charge in [-0.15, -0.1) is 0 Å². The molecule has 2 aromatic rings. The van der Waals surface area contributed by atoms with Crippen LogP contribution in [0.1, 0.15) is 28.0 Å². The third-order valence-corrected chi connectivity index (χ3v) is 5.50. The number of hydrogen-bond donors (Lipinski definition) is 3. The summed E-state index contributed by atoms with van der Waals surface area (Å²) < 4.78 is 31.7. The summed E-state index contributed by atoms with van der Waals surface area (Å²) >= 11 is 0.784. The van der Waals surface area contributed by atoms with E-state index in [0.717, 1.165) is 11.3 Å². The molecule has 0 amide bonds. The van der Waals surface area contributed by atoms with E-state index in [2.05, 4.69) is 14.7 Å². The van der Waals surface area contributed by atoms with Gasteiger partial charge in [-0.05, 0) is 20.8 Å². The average Bonchev–Trinajstić information content (AvgIpc) is 2.77. The molecule has 0 aliphatic heterocycles. The zero-order valence-electron chi connectivity index (χ0n) is 12.9. The number of nitrogens with zero attached hydrogens (tertiary/aromatic N) is 1. The van der Waals surface area contributed by atoms with Gasteiger partial charge in [-0.25, -0.2) is 23.0 Å². The zero-order chi connectivity index (χ0) is 18.1. The monoisotopic (exact) mass is 374 g/mol. The first-order valence-electron chi connectivity index (χ1n) is 6.66. The molecule has 130 valence electrons. The van der Waals surface area contributed by atoms with Crippen molar-refractivity contribution in [2.24, 2.45) is 0 Å². The lowest BCUT2D eigenvalue weighted by molar-refractivity contribution is 0.0531. The molecular weight excluding hydrogens is 360 g/mol. The first-order chi connectivity index (χ1) is 11.2. The van der Waals surface area contributed by atoms with Gasteiger partial charge in [-0.3, -0.25) is 14.5 Å². The summed E-state index contributed by atoms with van der Waals surface area (Å²) in [5.74, 6) is -0.615. The highest BCUT2D eigenvalue weighted by molar-refractivity contribution is 7.93. The number of rotatable bonds is 5. The Morgan fingerprint density at radius 3 is 2.54 bits per heavy atom. The minimum Gasteiger partial charge on any atom is -0.462 e. The van der Waals surface area contributed by atoms with Crippen LogP contribution < -0.4 is 16.0 Å². The van der Waals surface area contributed by atoms with Crippen molar-refractivity contribution >= 4 is 32.5 Å². The second-order valence-corrected chi connectivity index (χ2v) is 7.24. The summed E-state index contributed by atoms with van der Waals surface area (Å²) in [7, 11) is -4.30. The number of anilines is 1. The number of sulfonamides is 1. The van der Waals surface area contributed by atoms with Gasteiger partial charge in [0.25, 0.3) is 15.6 Å². The molecule has 24 heavy (non-hydrogen) atoms. The number of aromatic amines is 2. The van der Waals surface area contributed by atoms with E-state index < -0.39 is 32.1 Å². The summed E-state index contributed by atoms with van der Waals surface area (Å²) in [6.07, 6.45) is 0. The number of H-pyrrole nitrogens is 2. The Kier molecular flexibility index (Phi) is 4.89. The van der Waals surface area contributed by atoms with Gasteiger partial charge in [-0.1, -0.05) is 11.3 Å². The van der Waals surface area contributed by atoms with Crippen molar-refractivity contribution in [1.82, 2.24) is 15.0 Å². The van der Waals surface area contributed by atoms with Gasteiger partial charge in [0.2, 0.25) is 0 Å². The Hall–Kier alpha value is -2.47. The van der Waals surface area contributed by atoms with Crippen molar-refractivity contribution in [3.05, 3.63) is 37.1 Å². The zero-order valence-corrected chi connectivity index (χ0v) is 14.6. The Labute approximate surface area is 140 Å². The first kappa shape index (κ1) is 17.9. The highest BCUT2D eigenvalue weighted by atomic mass is 32.2. The van der Waals surface area contributed by atoms with Gasteiger partial charge < -0.3 is 9.72 Å². The molecule has 3 N–H and O–H groups in total. The summed E-state index contributed by atoms with van der Waals surface area (Å²) in [5.41, 5.74) is -1.69. The van der Waals surface area contributed by atoms with Crippen LogP contribution in [0.4, 0.5) is 5.13 Å².